The average molecular weight is 581 g/mol. The number of hydrogen-bond donors (Lipinski definition) is 7. The molecule has 42 heavy (non-hydrogen) atoms. The molecule has 0 aliphatic carbocycles. The van der Waals surface area contributed by atoms with Crippen LogP contribution in [-0.4, -0.2) is 65.4 Å². The number of rotatable bonds is 7. The number of hydrogen-bond acceptors (Lipinski definition) is 7. The number of phenols is 1. The van der Waals surface area contributed by atoms with Crippen LogP contribution < -0.4 is 32.7 Å². The summed E-state index contributed by atoms with van der Waals surface area (Å²) in [5, 5.41) is 20.5. The van der Waals surface area contributed by atoms with E-state index in [1.807, 2.05) is 19.9 Å². The maximum Gasteiger partial charge on any atom is 0.243 e. The molecule has 5 amide bonds. The van der Waals surface area contributed by atoms with Crippen molar-refractivity contribution in [2.75, 3.05) is 6.54 Å². The Bertz CT molecular complexity index is 1280. The van der Waals surface area contributed by atoms with Gasteiger partial charge in [-0.3, -0.25) is 24.0 Å². The van der Waals surface area contributed by atoms with Crippen molar-refractivity contribution in [3.63, 3.8) is 0 Å². The van der Waals surface area contributed by atoms with Crippen LogP contribution in [0, 0.1) is 13.8 Å². The molecule has 0 radical (unpaired) electrons. The number of benzene rings is 2. The molecule has 2 aromatic rings. The van der Waals surface area contributed by atoms with Crippen LogP contribution in [0.4, 0.5) is 0 Å². The zero-order valence-electron chi connectivity index (χ0n) is 23.9. The van der Waals surface area contributed by atoms with E-state index in [1.165, 1.54) is 0 Å². The Kier molecular flexibility index (Phi) is 11.4. The lowest BCUT2D eigenvalue weighted by Crippen LogP contribution is -2.58. The highest BCUT2D eigenvalue weighted by Gasteiger charge is 2.31. The number of amides is 5. The number of carbonyl (C=O) groups is 5. The first-order valence-electron chi connectivity index (χ1n) is 14.0. The summed E-state index contributed by atoms with van der Waals surface area (Å²) in [6.07, 6.45) is 1.17. The molecule has 0 bridgehead atoms. The van der Waals surface area contributed by atoms with E-state index in [2.05, 4.69) is 21.3 Å². The van der Waals surface area contributed by atoms with Crippen molar-refractivity contribution in [3.8, 4) is 5.75 Å². The van der Waals surface area contributed by atoms with Gasteiger partial charge in [0.1, 0.15) is 23.9 Å². The lowest BCUT2D eigenvalue weighted by molar-refractivity contribution is -0.134. The monoisotopic (exact) mass is 580 g/mol. The molecule has 0 spiro atoms. The first kappa shape index (κ1) is 32.1. The van der Waals surface area contributed by atoms with Gasteiger partial charge in [-0.2, -0.15) is 0 Å². The molecule has 1 fully saturated rings. The average Bonchev–Trinajstić information content (AvgIpc) is 2.93. The van der Waals surface area contributed by atoms with Crippen LogP contribution in [0.5, 0.6) is 5.75 Å². The molecule has 226 valence electrons. The largest absolute Gasteiger partial charge is 0.508 e. The highest BCUT2D eigenvalue weighted by atomic mass is 16.3. The van der Waals surface area contributed by atoms with Gasteiger partial charge in [0, 0.05) is 13.0 Å². The Morgan fingerprint density at radius 1 is 1.02 bits per heavy atom. The van der Waals surface area contributed by atoms with Crippen molar-refractivity contribution < 1.29 is 29.1 Å². The summed E-state index contributed by atoms with van der Waals surface area (Å²) >= 11 is 0. The van der Waals surface area contributed by atoms with Gasteiger partial charge in [-0.25, -0.2) is 0 Å². The third-order valence-corrected chi connectivity index (χ3v) is 7.28. The topological polar surface area (TPSA) is 206 Å². The molecular formula is C30H40N6O6. The summed E-state index contributed by atoms with van der Waals surface area (Å²) < 4.78 is 0. The number of carbonyl (C=O) groups excluding carboxylic acids is 5. The third kappa shape index (κ3) is 9.30. The van der Waals surface area contributed by atoms with Crippen molar-refractivity contribution in [3.05, 3.63) is 64.7 Å². The predicted octanol–water partition coefficient (Wildman–Crippen LogP) is -0.249. The van der Waals surface area contributed by atoms with Gasteiger partial charge in [-0.1, -0.05) is 30.3 Å². The second-order valence-corrected chi connectivity index (χ2v) is 10.7. The van der Waals surface area contributed by atoms with Gasteiger partial charge < -0.3 is 37.8 Å². The summed E-state index contributed by atoms with van der Waals surface area (Å²) in [7, 11) is 0. The van der Waals surface area contributed by atoms with Crippen LogP contribution >= 0.6 is 0 Å². The lowest BCUT2D eigenvalue weighted by Gasteiger charge is -2.26. The Hall–Kier alpha value is -4.45. The second-order valence-electron chi connectivity index (χ2n) is 10.7. The van der Waals surface area contributed by atoms with Crippen molar-refractivity contribution >= 4 is 29.5 Å². The molecule has 1 aliphatic rings. The van der Waals surface area contributed by atoms with Gasteiger partial charge >= 0.3 is 0 Å². The standard InChI is InChI=1S/C30H40N6O6/c1-17-12-20(37)13-18(2)21(17)15-22(31)28(40)34-23-10-6-7-11-33-26(38)16-24(27(32)39)35-30(42)25(36-29(23)41)14-19-8-4-3-5-9-19/h3-5,8-9,12-13,22-25,37H,6-7,10-11,14-16,31H2,1-2H3,(H2,32,39)(H,33,38)(H,34,40)(H,35,42)(H,36,41). The molecular weight excluding hydrogens is 540 g/mol. The fourth-order valence-corrected chi connectivity index (χ4v) is 4.94. The Labute approximate surface area is 245 Å². The van der Waals surface area contributed by atoms with Crippen LogP contribution in [0.3, 0.4) is 0 Å². The van der Waals surface area contributed by atoms with Gasteiger partial charge in [0.15, 0.2) is 0 Å². The summed E-state index contributed by atoms with van der Waals surface area (Å²) in [6.45, 7) is 3.91. The maximum atomic E-state index is 13.5. The molecule has 1 heterocycles. The van der Waals surface area contributed by atoms with Crippen molar-refractivity contribution in [1.82, 2.24) is 21.3 Å². The van der Waals surface area contributed by atoms with Crippen LogP contribution in [0.1, 0.15) is 47.9 Å². The second kappa shape index (κ2) is 15.0. The van der Waals surface area contributed by atoms with E-state index in [9.17, 15) is 29.1 Å². The minimum absolute atomic E-state index is 0.0929. The smallest absolute Gasteiger partial charge is 0.243 e. The number of aromatic hydroxyl groups is 1. The summed E-state index contributed by atoms with van der Waals surface area (Å²) in [6, 6.07) is 7.77. The minimum atomic E-state index is -1.27. The van der Waals surface area contributed by atoms with Gasteiger partial charge in [0.25, 0.3) is 0 Å². The molecule has 4 atom stereocenters. The van der Waals surface area contributed by atoms with Crippen LogP contribution in [0.2, 0.25) is 0 Å². The first-order chi connectivity index (χ1) is 19.9. The van der Waals surface area contributed by atoms with E-state index in [4.69, 9.17) is 11.5 Å². The van der Waals surface area contributed by atoms with E-state index >= 15 is 0 Å². The molecule has 1 saturated heterocycles. The molecule has 9 N–H and O–H groups in total. The number of nitrogens with two attached hydrogens (primary N) is 2. The van der Waals surface area contributed by atoms with Crippen LogP contribution in [-0.2, 0) is 36.8 Å². The lowest BCUT2D eigenvalue weighted by atomic mass is 9.95. The van der Waals surface area contributed by atoms with Crippen molar-refractivity contribution in [1.29, 1.82) is 0 Å². The summed E-state index contributed by atoms with van der Waals surface area (Å²) in [5.74, 6) is -3.03. The SMILES string of the molecule is Cc1cc(O)cc(C)c1CC(N)C(=O)NC1CCCCNC(=O)CC(C(N)=O)NC(=O)C(Cc2ccccc2)NC1=O. The molecule has 12 nitrogen and oxygen atoms in total. The van der Waals surface area contributed by atoms with E-state index in [0.717, 1.165) is 22.3 Å². The normalized spacial score (nSPS) is 21.2. The fourth-order valence-electron chi connectivity index (χ4n) is 4.94. The Balaban J connectivity index is 1.82. The van der Waals surface area contributed by atoms with Gasteiger partial charge in [-0.05, 0) is 73.9 Å². The Morgan fingerprint density at radius 2 is 1.69 bits per heavy atom. The number of primary amides is 1. The molecule has 12 heteroatoms. The summed E-state index contributed by atoms with van der Waals surface area (Å²) in [5.41, 5.74) is 14.8. The fraction of sp³-hybridized carbons (Fsp3) is 0.433. The van der Waals surface area contributed by atoms with E-state index in [1.54, 1.807) is 36.4 Å². The molecule has 0 aromatic heterocycles. The quantitative estimate of drug-likeness (QED) is 0.234. The molecule has 3 rings (SSSR count). The zero-order chi connectivity index (χ0) is 30.8. The van der Waals surface area contributed by atoms with Crippen LogP contribution in [0.15, 0.2) is 42.5 Å². The first-order valence-corrected chi connectivity index (χ1v) is 14.0. The van der Waals surface area contributed by atoms with E-state index in [-0.39, 0.29) is 38.0 Å². The highest BCUT2D eigenvalue weighted by Crippen LogP contribution is 2.22. The van der Waals surface area contributed by atoms with Gasteiger partial charge in [-0.15, -0.1) is 0 Å². The van der Waals surface area contributed by atoms with Crippen molar-refractivity contribution in [2.24, 2.45) is 11.5 Å². The van der Waals surface area contributed by atoms with Crippen molar-refractivity contribution in [2.45, 2.75) is 76.5 Å². The minimum Gasteiger partial charge on any atom is -0.508 e. The zero-order valence-corrected chi connectivity index (χ0v) is 23.9. The molecule has 2 aromatic carbocycles. The third-order valence-electron chi connectivity index (χ3n) is 7.28. The van der Waals surface area contributed by atoms with Crippen LogP contribution in [0.25, 0.3) is 0 Å². The molecule has 1 aliphatic heterocycles. The van der Waals surface area contributed by atoms with Gasteiger partial charge in [0.05, 0.1) is 12.5 Å². The number of nitrogens with one attached hydrogen (secondary N) is 4. The summed E-state index contributed by atoms with van der Waals surface area (Å²) in [4.78, 5) is 64.4. The molecule has 4 unspecified atom stereocenters. The predicted molar refractivity (Wildman–Crippen MR) is 156 cm³/mol. The Morgan fingerprint density at radius 3 is 2.33 bits per heavy atom. The number of phenolic OH excluding ortho intramolecular Hbond substituents is 1. The van der Waals surface area contributed by atoms with Gasteiger partial charge in [0.2, 0.25) is 29.5 Å². The van der Waals surface area contributed by atoms with E-state index < -0.39 is 53.7 Å². The molecule has 0 saturated carbocycles. The highest BCUT2D eigenvalue weighted by molar-refractivity contribution is 5.96. The maximum absolute atomic E-state index is 13.5. The van der Waals surface area contributed by atoms with E-state index in [0.29, 0.717) is 12.8 Å². The number of aryl methyl sites for hydroxylation is 2.